The quantitative estimate of drug-likeness (QED) is 0.240. The SMILES string of the molecule is CO[C@H](CC/C=C/C(=O)NO)[C@H](O)c1cc(I)ccc1O. The van der Waals surface area contributed by atoms with E-state index in [1.807, 2.05) is 0 Å². The molecule has 0 aliphatic carbocycles. The molecule has 2 atom stereocenters. The van der Waals surface area contributed by atoms with Crippen LogP contribution >= 0.6 is 22.6 Å². The van der Waals surface area contributed by atoms with Crippen LogP contribution in [0.5, 0.6) is 5.75 Å². The third kappa shape index (κ3) is 5.62. The Kier molecular flexibility index (Phi) is 7.65. The van der Waals surface area contributed by atoms with E-state index in [0.29, 0.717) is 18.4 Å². The van der Waals surface area contributed by atoms with Crippen molar-refractivity contribution in [1.29, 1.82) is 0 Å². The molecule has 0 unspecified atom stereocenters. The van der Waals surface area contributed by atoms with Gasteiger partial charge in [0.15, 0.2) is 0 Å². The normalized spacial score (nSPS) is 14.1. The number of methoxy groups -OCH3 is 1. The predicted octanol–water partition coefficient (Wildman–Crippen LogP) is 1.89. The van der Waals surface area contributed by atoms with Gasteiger partial charge in [-0.3, -0.25) is 10.0 Å². The molecule has 0 spiro atoms. The lowest BCUT2D eigenvalue weighted by molar-refractivity contribution is -0.124. The summed E-state index contributed by atoms with van der Waals surface area (Å²) in [6, 6.07) is 4.96. The second-order valence-electron chi connectivity index (χ2n) is 4.38. The van der Waals surface area contributed by atoms with Gasteiger partial charge in [-0.1, -0.05) is 6.08 Å². The van der Waals surface area contributed by atoms with Gasteiger partial charge in [0.25, 0.3) is 5.91 Å². The lowest BCUT2D eigenvalue weighted by atomic mass is 10.00. The van der Waals surface area contributed by atoms with Gasteiger partial charge in [-0.05, 0) is 53.6 Å². The number of aliphatic hydroxyl groups is 1. The maximum absolute atomic E-state index is 10.8. The number of phenolic OH excluding ortho intramolecular Hbond substituents is 1. The number of halogens is 1. The molecule has 1 aromatic carbocycles. The first-order valence-corrected chi connectivity index (χ1v) is 7.37. The van der Waals surface area contributed by atoms with Crippen LogP contribution in [-0.4, -0.2) is 34.5 Å². The van der Waals surface area contributed by atoms with E-state index in [4.69, 9.17) is 9.94 Å². The topological polar surface area (TPSA) is 99.0 Å². The number of amides is 1. The zero-order valence-electron chi connectivity index (χ0n) is 11.5. The summed E-state index contributed by atoms with van der Waals surface area (Å²) in [6.45, 7) is 0. The highest BCUT2D eigenvalue weighted by molar-refractivity contribution is 14.1. The molecule has 4 N–H and O–H groups in total. The van der Waals surface area contributed by atoms with Crippen molar-refractivity contribution >= 4 is 28.5 Å². The number of nitrogens with one attached hydrogen (secondary N) is 1. The monoisotopic (exact) mass is 407 g/mol. The van der Waals surface area contributed by atoms with Gasteiger partial charge in [0, 0.05) is 22.3 Å². The smallest absolute Gasteiger partial charge is 0.267 e. The third-order valence-electron chi connectivity index (χ3n) is 2.96. The fourth-order valence-electron chi connectivity index (χ4n) is 1.86. The van der Waals surface area contributed by atoms with Gasteiger partial charge >= 0.3 is 0 Å². The first kappa shape index (κ1) is 17.9. The Morgan fingerprint density at radius 2 is 2.24 bits per heavy atom. The Morgan fingerprint density at radius 1 is 1.52 bits per heavy atom. The van der Waals surface area contributed by atoms with Crippen LogP contribution in [0, 0.1) is 3.57 Å². The minimum Gasteiger partial charge on any atom is -0.508 e. The summed E-state index contributed by atoms with van der Waals surface area (Å²) < 4.78 is 6.14. The Hall–Kier alpha value is -1.16. The number of hydrogen-bond acceptors (Lipinski definition) is 5. The number of hydrogen-bond donors (Lipinski definition) is 4. The van der Waals surface area contributed by atoms with Crippen LogP contribution in [0.4, 0.5) is 0 Å². The number of ether oxygens (including phenoxy) is 1. The van der Waals surface area contributed by atoms with Crippen molar-refractivity contribution in [3.63, 3.8) is 0 Å². The van der Waals surface area contributed by atoms with Crippen LogP contribution in [0.25, 0.3) is 0 Å². The zero-order chi connectivity index (χ0) is 15.8. The molecule has 0 saturated heterocycles. The van der Waals surface area contributed by atoms with Crippen LogP contribution in [0.3, 0.4) is 0 Å². The van der Waals surface area contributed by atoms with E-state index in [-0.39, 0.29) is 5.75 Å². The maximum atomic E-state index is 10.8. The molecule has 1 rings (SSSR count). The summed E-state index contributed by atoms with van der Waals surface area (Å²) in [4.78, 5) is 10.8. The molecule has 21 heavy (non-hydrogen) atoms. The van der Waals surface area contributed by atoms with Crippen molar-refractivity contribution in [1.82, 2.24) is 5.48 Å². The summed E-state index contributed by atoms with van der Waals surface area (Å²) in [5, 5.41) is 28.5. The fourth-order valence-corrected chi connectivity index (χ4v) is 2.37. The number of hydroxylamine groups is 1. The van der Waals surface area contributed by atoms with Crippen LogP contribution in [-0.2, 0) is 9.53 Å². The van der Waals surface area contributed by atoms with Crippen LogP contribution < -0.4 is 5.48 Å². The summed E-state index contributed by atoms with van der Waals surface area (Å²) in [7, 11) is 1.48. The van der Waals surface area contributed by atoms with E-state index < -0.39 is 18.1 Å². The number of carbonyl (C=O) groups excluding carboxylic acids is 1. The highest BCUT2D eigenvalue weighted by Crippen LogP contribution is 2.30. The van der Waals surface area contributed by atoms with Crippen LogP contribution in [0.15, 0.2) is 30.4 Å². The average molecular weight is 407 g/mol. The van der Waals surface area contributed by atoms with Gasteiger partial charge in [-0.25, -0.2) is 5.48 Å². The second kappa shape index (κ2) is 8.98. The number of carbonyl (C=O) groups is 1. The molecule has 6 nitrogen and oxygen atoms in total. The summed E-state index contributed by atoms with van der Waals surface area (Å²) in [5.74, 6) is -0.597. The van der Waals surface area contributed by atoms with E-state index in [0.717, 1.165) is 3.57 Å². The van der Waals surface area contributed by atoms with E-state index >= 15 is 0 Å². The average Bonchev–Trinajstić information content (AvgIpc) is 2.48. The number of rotatable bonds is 7. The Balaban J connectivity index is 2.68. The van der Waals surface area contributed by atoms with E-state index in [1.54, 1.807) is 18.2 Å². The lowest BCUT2D eigenvalue weighted by Crippen LogP contribution is -2.21. The predicted molar refractivity (Wildman–Crippen MR) is 84.9 cm³/mol. The fraction of sp³-hybridized carbons (Fsp3) is 0.357. The molecule has 0 saturated carbocycles. The lowest BCUT2D eigenvalue weighted by Gasteiger charge is -2.22. The van der Waals surface area contributed by atoms with Gasteiger partial charge in [-0.2, -0.15) is 0 Å². The molecule has 0 aliphatic heterocycles. The van der Waals surface area contributed by atoms with Crippen LogP contribution in [0.2, 0.25) is 0 Å². The Labute approximate surface area is 136 Å². The Morgan fingerprint density at radius 3 is 2.86 bits per heavy atom. The first-order chi connectivity index (χ1) is 9.99. The van der Waals surface area contributed by atoms with Crippen molar-refractivity contribution in [3.8, 4) is 5.75 Å². The highest BCUT2D eigenvalue weighted by atomic mass is 127. The van der Waals surface area contributed by atoms with Crippen LogP contribution in [0.1, 0.15) is 24.5 Å². The van der Waals surface area contributed by atoms with Crippen molar-refractivity contribution in [2.24, 2.45) is 0 Å². The summed E-state index contributed by atoms with van der Waals surface area (Å²) in [6.07, 6.45) is 2.22. The summed E-state index contributed by atoms with van der Waals surface area (Å²) in [5.41, 5.74) is 1.90. The molecule has 1 aromatic rings. The number of aromatic hydroxyl groups is 1. The third-order valence-corrected chi connectivity index (χ3v) is 3.63. The van der Waals surface area contributed by atoms with Crippen molar-refractivity contribution < 1.29 is 25.0 Å². The molecule has 1 amide bonds. The minimum atomic E-state index is -0.968. The molecular formula is C14H18INO5. The zero-order valence-corrected chi connectivity index (χ0v) is 13.6. The summed E-state index contributed by atoms with van der Waals surface area (Å²) >= 11 is 2.09. The molecule has 0 radical (unpaired) electrons. The van der Waals surface area contributed by atoms with E-state index in [9.17, 15) is 15.0 Å². The van der Waals surface area contributed by atoms with Gasteiger partial charge in [0.1, 0.15) is 11.9 Å². The van der Waals surface area contributed by atoms with Crippen molar-refractivity contribution in [2.45, 2.75) is 25.0 Å². The van der Waals surface area contributed by atoms with E-state index in [2.05, 4.69) is 22.6 Å². The molecule has 0 heterocycles. The highest BCUT2D eigenvalue weighted by Gasteiger charge is 2.22. The largest absolute Gasteiger partial charge is 0.508 e. The van der Waals surface area contributed by atoms with Crippen molar-refractivity contribution in [3.05, 3.63) is 39.5 Å². The Bertz CT molecular complexity index is 506. The van der Waals surface area contributed by atoms with Gasteiger partial charge in [0.05, 0.1) is 6.10 Å². The number of benzene rings is 1. The van der Waals surface area contributed by atoms with Crippen molar-refractivity contribution in [2.75, 3.05) is 7.11 Å². The number of phenols is 1. The molecular weight excluding hydrogens is 389 g/mol. The standard InChI is InChI=1S/C14H18INO5/c1-21-12(4-2-3-5-13(18)16-20)14(19)10-8-9(15)6-7-11(10)17/h3,5-8,12,14,17,19-20H,2,4H2,1H3,(H,16,18)/b5-3+/t12-,14-/m1/s1. The number of allylic oxidation sites excluding steroid dienone is 1. The molecule has 0 aromatic heterocycles. The van der Waals surface area contributed by atoms with Gasteiger partial charge in [-0.15, -0.1) is 0 Å². The van der Waals surface area contributed by atoms with E-state index in [1.165, 1.54) is 24.7 Å². The van der Waals surface area contributed by atoms with Gasteiger partial charge < -0.3 is 14.9 Å². The van der Waals surface area contributed by atoms with Gasteiger partial charge in [0.2, 0.25) is 0 Å². The second-order valence-corrected chi connectivity index (χ2v) is 5.62. The molecule has 0 fully saturated rings. The number of aliphatic hydroxyl groups excluding tert-OH is 1. The molecule has 0 aliphatic rings. The molecule has 116 valence electrons. The maximum Gasteiger partial charge on any atom is 0.267 e. The minimum absolute atomic E-state index is 0.0140. The first-order valence-electron chi connectivity index (χ1n) is 6.29. The molecule has 7 heteroatoms. The molecule has 0 bridgehead atoms.